The maximum Gasteiger partial charge on any atom is 0.329 e. The Kier molecular flexibility index (Phi) is 17.2. The third-order valence-corrected chi connectivity index (χ3v) is 12.9. The number of carbonyl (C=O) groups excluding carboxylic acids is 4. The van der Waals surface area contributed by atoms with E-state index >= 15 is 0 Å². The van der Waals surface area contributed by atoms with E-state index < -0.39 is 83.9 Å². The molecule has 0 aromatic heterocycles. The molecule has 13 nitrogen and oxygen atoms in total. The number of allylic oxidation sites excluding steroid dienone is 4. The molecule has 2 saturated heterocycles. The number of ketones is 2. The van der Waals surface area contributed by atoms with Gasteiger partial charge in [-0.1, -0.05) is 44.6 Å². The second-order valence-electron chi connectivity index (χ2n) is 17.3. The Morgan fingerprint density at radius 3 is 2.25 bits per heavy atom. The summed E-state index contributed by atoms with van der Waals surface area (Å²) in [7, 11) is 4.61. The van der Waals surface area contributed by atoms with Crippen LogP contribution in [0.3, 0.4) is 0 Å². The molecule has 4 rings (SSSR count). The van der Waals surface area contributed by atoms with Crippen LogP contribution in [0.25, 0.3) is 0 Å². The predicted octanol–water partition coefficient (Wildman–Crippen LogP) is 4.64. The number of methoxy groups -OCH3 is 3. The van der Waals surface area contributed by atoms with Gasteiger partial charge in [0.2, 0.25) is 5.79 Å². The van der Waals surface area contributed by atoms with Gasteiger partial charge in [0, 0.05) is 52.0 Å². The maximum absolute atomic E-state index is 14.3. The molecule has 1 aliphatic carbocycles. The first kappa shape index (κ1) is 46.9. The van der Waals surface area contributed by atoms with E-state index in [1.165, 1.54) is 19.1 Å². The lowest BCUT2D eigenvalue weighted by Crippen LogP contribution is -2.64. The number of carbonyl (C=O) groups is 4. The molecular formula is C44H69NO12. The average molecular weight is 804 g/mol. The summed E-state index contributed by atoms with van der Waals surface area (Å²) in [6.07, 6.45) is 4.93. The molecule has 3 fully saturated rings. The lowest BCUT2D eigenvalue weighted by molar-refractivity contribution is -0.302. The van der Waals surface area contributed by atoms with Crippen LogP contribution in [0.1, 0.15) is 105 Å². The summed E-state index contributed by atoms with van der Waals surface area (Å²) in [6.45, 7) is 13.1. The van der Waals surface area contributed by atoms with Crippen LogP contribution in [0.15, 0.2) is 36.0 Å². The molecule has 3 unspecified atom stereocenters. The number of ether oxygens (including phenoxy) is 5. The number of cyclic esters (lactones) is 1. The highest BCUT2D eigenvalue weighted by Crippen LogP contribution is 2.39. The van der Waals surface area contributed by atoms with Gasteiger partial charge < -0.3 is 43.9 Å². The highest BCUT2D eigenvalue weighted by Gasteiger charge is 2.56. The quantitative estimate of drug-likeness (QED) is 0.185. The second kappa shape index (κ2) is 21.0. The number of esters is 1. The van der Waals surface area contributed by atoms with Crippen LogP contribution < -0.4 is 0 Å². The number of nitrogens with zero attached hydrogens (tertiary/aromatic N) is 1. The Hall–Kier alpha value is -2.78. The van der Waals surface area contributed by atoms with Crippen molar-refractivity contribution in [2.45, 2.75) is 160 Å². The van der Waals surface area contributed by atoms with Gasteiger partial charge in [-0.15, -0.1) is 6.58 Å². The number of piperidine rings is 1. The monoisotopic (exact) mass is 803 g/mol. The molecular weight excluding hydrogens is 734 g/mol. The number of aliphatic hydroxyl groups excluding tert-OH is 2. The van der Waals surface area contributed by atoms with Crippen LogP contribution in [0.4, 0.5) is 0 Å². The van der Waals surface area contributed by atoms with Crippen molar-refractivity contribution in [3.8, 4) is 0 Å². The van der Waals surface area contributed by atoms with E-state index in [1.54, 1.807) is 27.0 Å². The summed E-state index contributed by atoms with van der Waals surface area (Å²) in [4.78, 5) is 57.8. The van der Waals surface area contributed by atoms with Crippen LogP contribution >= 0.6 is 0 Å². The standard InChI is InChI=1S/C44H69NO12/c1-10-13-31-19-25(2)18-26(3)20-37(54-8)40-38(55-9)22-28(5)44(52,57-40)41(49)42(50)45-17-12-11-14-32(45)43(51)56-39(29(6)34(47)24-35(31)48)27(4)21-30-15-16-33(46)36(23-30)53-7/h10,19,21,26,28-34,36-40,46-47,52H,1,11-18,20,22-24H2,2-9H3/b25-19+,27-21+/t26-,28+,29+,30?,31+,32-,33?,34?,36+,37-,38-,39+,40+,44+/m0/s1. The largest absolute Gasteiger partial charge is 0.456 e. The number of Topliss-reactive ketones (excluding diaryl/α,β-unsaturated/α-hetero) is 2. The molecule has 2 bridgehead atoms. The minimum absolute atomic E-state index is 0.00988. The highest BCUT2D eigenvalue weighted by atomic mass is 16.7. The summed E-state index contributed by atoms with van der Waals surface area (Å²) in [6, 6.07) is -1.14. The zero-order chi connectivity index (χ0) is 42.2. The van der Waals surface area contributed by atoms with Crippen LogP contribution in [-0.4, -0.2) is 126 Å². The van der Waals surface area contributed by atoms with Gasteiger partial charge in [0.15, 0.2) is 0 Å². The Balaban J connectivity index is 1.78. The van der Waals surface area contributed by atoms with Crippen molar-refractivity contribution in [2.75, 3.05) is 27.9 Å². The third-order valence-electron chi connectivity index (χ3n) is 12.9. The van der Waals surface area contributed by atoms with Gasteiger partial charge in [-0.2, -0.15) is 0 Å². The Morgan fingerprint density at radius 2 is 1.60 bits per heavy atom. The van der Waals surface area contributed by atoms with Crippen LogP contribution in [0.5, 0.6) is 0 Å². The molecule has 13 heteroatoms. The van der Waals surface area contributed by atoms with Gasteiger partial charge in [-0.05, 0) is 95.5 Å². The van der Waals surface area contributed by atoms with Crippen molar-refractivity contribution in [2.24, 2.45) is 29.6 Å². The Labute approximate surface area is 339 Å². The summed E-state index contributed by atoms with van der Waals surface area (Å²) in [5.74, 6) is -7.76. The zero-order valence-corrected chi connectivity index (χ0v) is 35.4. The fourth-order valence-corrected chi connectivity index (χ4v) is 9.42. The van der Waals surface area contributed by atoms with Gasteiger partial charge in [-0.3, -0.25) is 14.4 Å². The molecule has 57 heavy (non-hydrogen) atoms. The van der Waals surface area contributed by atoms with Crippen molar-refractivity contribution >= 4 is 23.4 Å². The molecule has 0 aromatic rings. The lowest BCUT2D eigenvalue weighted by Gasteiger charge is -2.47. The first-order chi connectivity index (χ1) is 27.0. The van der Waals surface area contributed by atoms with E-state index in [0.717, 1.165) is 5.57 Å². The van der Waals surface area contributed by atoms with Crippen LogP contribution in [0, 0.1) is 29.6 Å². The van der Waals surface area contributed by atoms with E-state index in [1.807, 2.05) is 32.9 Å². The first-order valence-corrected chi connectivity index (χ1v) is 20.9. The van der Waals surface area contributed by atoms with E-state index in [0.29, 0.717) is 56.9 Å². The normalized spacial score (nSPS) is 41.0. The minimum Gasteiger partial charge on any atom is -0.456 e. The number of hydrogen-bond donors (Lipinski definition) is 3. The molecule has 3 aliphatic heterocycles. The number of hydrogen-bond acceptors (Lipinski definition) is 12. The number of amides is 1. The molecule has 3 heterocycles. The summed E-state index contributed by atoms with van der Waals surface area (Å²) in [5.41, 5.74) is 1.61. The number of rotatable bonds is 7. The van der Waals surface area contributed by atoms with Crippen LogP contribution in [-0.2, 0) is 42.9 Å². The number of fused-ring (bicyclic) bond motifs is 3. The Bertz CT molecular complexity index is 1480. The van der Waals surface area contributed by atoms with Crippen molar-refractivity contribution < 1.29 is 58.2 Å². The van der Waals surface area contributed by atoms with Crippen molar-refractivity contribution in [3.05, 3.63) is 36.0 Å². The van der Waals surface area contributed by atoms with E-state index in [9.17, 15) is 34.5 Å². The molecule has 322 valence electrons. The molecule has 1 amide bonds. The predicted molar refractivity (Wildman–Crippen MR) is 213 cm³/mol. The van der Waals surface area contributed by atoms with Crippen molar-refractivity contribution in [1.29, 1.82) is 0 Å². The molecule has 3 N–H and O–H groups in total. The molecule has 14 atom stereocenters. The smallest absolute Gasteiger partial charge is 0.329 e. The molecule has 1 saturated carbocycles. The SMILES string of the molecule is C=CC[C@@H]1/C=C(\C)C[C@H](C)C[C@H](OC)[C@H]2O[C@@](O)(C(=O)C(=O)N3CCCC[C@H]3C(=O)O[C@H](/C(C)=C/C3CCC(O)[C@H](OC)C3)[C@H](C)C(O)CC1=O)[C@H](C)C[C@@H]2OC. The lowest BCUT2D eigenvalue weighted by atomic mass is 9.81. The second-order valence-corrected chi connectivity index (χ2v) is 17.3. The molecule has 0 aromatic carbocycles. The number of aliphatic hydroxyl groups is 3. The molecule has 0 radical (unpaired) electrons. The van der Waals surface area contributed by atoms with Gasteiger partial charge in [0.1, 0.15) is 24.0 Å². The molecule has 4 aliphatic rings. The van der Waals surface area contributed by atoms with E-state index in [2.05, 4.69) is 6.58 Å². The Morgan fingerprint density at radius 1 is 0.930 bits per heavy atom. The summed E-state index contributed by atoms with van der Waals surface area (Å²) >= 11 is 0. The summed E-state index contributed by atoms with van der Waals surface area (Å²) < 4.78 is 29.7. The fraction of sp³-hybridized carbons (Fsp3) is 0.773. The topological polar surface area (TPSA) is 178 Å². The zero-order valence-electron chi connectivity index (χ0n) is 35.4. The fourth-order valence-electron chi connectivity index (χ4n) is 9.42. The van der Waals surface area contributed by atoms with Gasteiger partial charge in [0.05, 0.1) is 30.5 Å². The van der Waals surface area contributed by atoms with E-state index in [-0.39, 0.29) is 49.5 Å². The summed E-state index contributed by atoms with van der Waals surface area (Å²) in [5, 5.41) is 34.1. The van der Waals surface area contributed by atoms with Gasteiger partial charge in [0.25, 0.3) is 11.7 Å². The van der Waals surface area contributed by atoms with Crippen LogP contribution in [0.2, 0.25) is 0 Å². The average Bonchev–Trinajstić information content (AvgIpc) is 3.18. The molecule has 0 spiro atoms. The van der Waals surface area contributed by atoms with Crippen molar-refractivity contribution in [1.82, 2.24) is 4.90 Å². The third kappa shape index (κ3) is 11.3. The van der Waals surface area contributed by atoms with E-state index in [4.69, 9.17) is 23.7 Å². The van der Waals surface area contributed by atoms with Gasteiger partial charge in [-0.25, -0.2) is 4.79 Å². The van der Waals surface area contributed by atoms with Gasteiger partial charge >= 0.3 is 5.97 Å². The maximum atomic E-state index is 14.3. The first-order valence-electron chi connectivity index (χ1n) is 20.9. The highest BCUT2D eigenvalue weighted by molar-refractivity contribution is 6.39. The van der Waals surface area contributed by atoms with Crippen molar-refractivity contribution in [3.63, 3.8) is 0 Å². The minimum atomic E-state index is -2.51.